The number of hydrogen-bond donors (Lipinski definition) is 1. The van der Waals surface area contributed by atoms with Gasteiger partial charge in [0.15, 0.2) is 0 Å². The van der Waals surface area contributed by atoms with Gasteiger partial charge < -0.3 is 5.32 Å². The molecular weight excluding hydrogens is 251 g/mol. The van der Waals surface area contributed by atoms with Crippen LogP contribution in [0, 0.1) is 17.1 Å². The van der Waals surface area contributed by atoms with Crippen molar-refractivity contribution in [3.05, 3.63) is 59.4 Å². The summed E-state index contributed by atoms with van der Waals surface area (Å²) >= 11 is 0. The van der Waals surface area contributed by atoms with Gasteiger partial charge in [0.25, 0.3) is 0 Å². The van der Waals surface area contributed by atoms with Crippen molar-refractivity contribution in [2.75, 3.05) is 0 Å². The van der Waals surface area contributed by atoms with Gasteiger partial charge in [0, 0.05) is 12.6 Å². The maximum absolute atomic E-state index is 13.4. The van der Waals surface area contributed by atoms with Crippen molar-refractivity contribution >= 4 is 0 Å². The smallest absolute Gasteiger partial charge is 0.125 e. The Bertz CT molecular complexity index is 624. The largest absolute Gasteiger partial charge is 0.310 e. The highest BCUT2D eigenvalue weighted by Gasteiger charge is 2.03. The number of rotatable bonds is 4. The summed E-state index contributed by atoms with van der Waals surface area (Å²) in [6.07, 6.45) is 0. The molecule has 0 radical (unpaired) electrons. The Morgan fingerprint density at radius 1 is 1.10 bits per heavy atom. The lowest BCUT2D eigenvalue weighted by Gasteiger charge is -2.09. The van der Waals surface area contributed by atoms with Crippen LogP contribution in [0.4, 0.5) is 4.39 Å². The van der Waals surface area contributed by atoms with E-state index < -0.39 is 0 Å². The minimum absolute atomic E-state index is 0.338. The van der Waals surface area contributed by atoms with E-state index >= 15 is 0 Å². The molecule has 0 fully saturated rings. The lowest BCUT2D eigenvalue weighted by Crippen LogP contribution is -2.21. The Labute approximate surface area is 118 Å². The van der Waals surface area contributed by atoms with Crippen molar-refractivity contribution in [3.63, 3.8) is 0 Å². The summed E-state index contributed by atoms with van der Waals surface area (Å²) in [6, 6.07) is 14.7. The van der Waals surface area contributed by atoms with E-state index in [1.165, 1.54) is 17.7 Å². The highest BCUT2D eigenvalue weighted by atomic mass is 19.1. The van der Waals surface area contributed by atoms with Gasteiger partial charge in [-0.1, -0.05) is 38.1 Å². The van der Waals surface area contributed by atoms with E-state index in [0.29, 0.717) is 11.6 Å². The summed E-state index contributed by atoms with van der Waals surface area (Å²) in [5.41, 5.74) is 3.16. The SMILES string of the molecule is CC(C)NCc1ccc(-c2cc(F)cc(C#N)c2)cc1. The Morgan fingerprint density at radius 3 is 2.40 bits per heavy atom. The van der Waals surface area contributed by atoms with E-state index in [2.05, 4.69) is 19.2 Å². The van der Waals surface area contributed by atoms with Crippen molar-refractivity contribution in [1.29, 1.82) is 5.26 Å². The highest BCUT2D eigenvalue weighted by Crippen LogP contribution is 2.22. The first-order chi connectivity index (χ1) is 9.58. The Hall–Kier alpha value is -2.18. The van der Waals surface area contributed by atoms with Gasteiger partial charge in [-0.3, -0.25) is 0 Å². The minimum Gasteiger partial charge on any atom is -0.310 e. The van der Waals surface area contributed by atoms with Crippen LogP contribution in [-0.4, -0.2) is 6.04 Å². The fourth-order valence-electron chi connectivity index (χ4n) is 1.96. The summed E-state index contributed by atoms with van der Waals surface area (Å²) < 4.78 is 13.4. The molecule has 3 heteroatoms. The first-order valence-electron chi connectivity index (χ1n) is 6.62. The molecule has 0 aliphatic rings. The zero-order chi connectivity index (χ0) is 14.5. The van der Waals surface area contributed by atoms with Gasteiger partial charge in [0.05, 0.1) is 11.6 Å². The molecule has 0 aliphatic carbocycles. The fourth-order valence-corrected chi connectivity index (χ4v) is 1.96. The molecule has 0 aromatic heterocycles. The monoisotopic (exact) mass is 268 g/mol. The zero-order valence-corrected chi connectivity index (χ0v) is 11.7. The van der Waals surface area contributed by atoms with Gasteiger partial charge >= 0.3 is 0 Å². The fraction of sp³-hybridized carbons (Fsp3) is 0.235. The van der Waals surface area contributed by atoms with Crippen LogP contribution >= 0.6 is 0 Å². The first-order valence-corrected chi connectivity index (χ1v) is 6.62. The van der Waals surface area contributed by atoms with Crippen LogP contribution < -0.4 is 5.32 Å². The van der Waals surface area contributed by atoms with Crippen LogP contribution in [-0.2, 0) is 6.54 Å². The molecule has 20 heavy (non-hydrogen) atoms. The van der Waals surface area contributed by atoms with Crippen molar-refractivity contribution in [3.8, 4) is 17.2 Å². The molecule has 0 saturated heterocycles. The predicted octanol–water partition coefficient (Wildman–Crippen LogP) is 3.86. The quantitative estimate of drug-likeness (QED) is 0.914. The van der Waals surface area contributed by atoms with Gasteiger partial charge in [0.2, 0.25) is 0 Å². The van der Waals surface area contributed by atoms with E-state index in [-0.39, 0.29) is 5.82 Å². The van der Waals surface area contributed by atoms with E-state index in [1.54, 1.807) is 6.07 Å². The third kappa shape index (κ3) is 3.66. The number of nitrogens with one attached hydrogen (secondary N) is 1. The van der Waals surface area contributed by atoms with E-state index in [4.69, 9.17) is 5.26 Å². The normalized spacial score (nSPS) is 10.6. The molecule has 0 unspecified atom stereocenters. The molecule has 2 rings (SSSR count). The number of benzene rings is 2. The van der Waals surface area contributed by atoms with Crippen LogP contribution in [0.5, 0.6) is 0 Å². The molecule has 0 heterocycles. The molecule has 0 atom stereocenters. The Morgan fingerprint density at radius 2 is 1.80 bits per heavy atom. The summed E-state index contributed by atoms with van der Waals surface area (Å²) in [4.78, 5) is 0. The molecule has 102 valence electrons. The topological polar surface area (TPSA) is 35.8 Å². The molecule has 0 spiro atoms. The second-order valence-corrected chi connectivity index (χ2v) is 5.07. The minimum atomic E-state index is -0.385. The van der Waals surface area contributed by atoms with Crippen LogP contribution in [0.15, 0.2) is 42.5 Å². The van der Waals surface area contributed by atoms with E-state index in [0.717, 1.165) is 17.7 Å². The molecule has 2 aromatic carbocycles. The predicted molar refractivity (Wildman–Crippen MR) is 78.5 cm³/mol. The van der Waals surface area contributed by atoms with Crippen molar-refractivity contribution in [2.45, 2.75) is 26.4 Å². The Balaban J connectivity index is 2.22. The molecule has 2 nitrogen and oxygen atoms in total. The zero-order valence-electron chi connectivity index (χ0n) is 11.7. The lowest BCUT2D eigenvalue weighted by molar-refractivity contribution is 0.589. The molecule has 1 N–H and O–H groups in total. The number of hydrogen-bond acceptors (Lipinski definition) is 2. The number of nitriles is 1. The number of halogens is 1. The average molecular weight is 268 g/mol. The maximum Gasteiger partial charge on any atom is 0.125 e. The van der Waals surface area contributed by atoms with Gasteiger partial charge in [-0.15, -0.1) is 0 Å². The second kappa shape index (κ2) is 6.31. The summed E-state index contributed by atoms with van der Waals surface area (Å²) in [7, 11) is 0. The lowest BCUT2D eigenvalue weighted by atomic mass is 10.0. The standard InChI is InChI=1S/C17H17FN2/c1-12(2)20-11-13-3-5-15(6-4-13)16-7-14(10-19)8-17(18)9-16/h3-9,12,20H,11H2,1-2H3. The third-order valence-corrected chi connectivity index (χ3v) is 3.03. The molecular formula is C17H17FN2. The van der Waals surface area contributed by atoms with Crippen molar-refractivity contribution in [2.24, 2.45) is 0 Å². The van der Waals surface area contributed by atoms with Gasteiger partial charge in [-0.05, 0) is 34.9 Å². The van der Waals surface area contributed by atoms with Gasteiger partial charge in [-0.25, -0.2) is 4.39 Å². The second-order valence-electron chi connectivity index (χ2n) is 5.07. The van der Waals surface area contributed by atoms with Crippen LogP contribution in [0.3, 0.4) is 0 Å². The highest BCUT2D eigenvalue weighted by molar-refractivity contribution is 5.65. The van der Waals surface area contributed by atoms with Crippen LogP contribution in [0.25, 0.3) is 11.1 Å². The van der Waals surface area contributed by atoms with Gasteiger partial charge in [-0.2, -0.15) is 5.26 Å². The first kappa shape index (κ1) is 14.2. The van der Waals surface area contributed by atoms with Crippen LogP contribution in [0.1, 0.15) is 25.0 Å². The third-order valence-electron chi connectivity index (χ3n) is 3.03. The van der Waals surface area contributed by atoms with Crippen molar-refractivity contribution < 1.29 is 4.39 Å². The van der Waals surface area contributed by atoms with Crippen molar-refractivity contribution in [1.82, 2.24) is 5.32 Å². The van der Waals surface area contributed by atoms with Gasteiger partial charge in [0.1, 0.15) is 5.82 Å². The molecule has 0 aliphatic heterocycles. The summed E-state index contributed by atoms with van der Waals surface area (Å²) in [5, 5.41) is 12.2. The molecule has 0 bridgehead atoms. The number of nitrogens with zero attached hydrogens (tertiary/aromatic N) is 1. The van der Waals surface area contributed by atoms with Crippen LogP contribution in [0.2, 0.25) is 0 Å². The summed E-state index contributed by atoms with van der Waals surface area (Å²) in [5.74, 6) is -0.385. The van der Waals surface area contributed by atoms with E-state index in [9.17, 15) is 4.39 Å². The molecule has 0 saturated carbocycles. The average Bonchev–Trinajstić information content (AvgIpc) is 2.45. The summed E-state index contributed by atoms with van der Waals surface area (Å²) in [6.45, 7) is 5.01. The maximum atomic E-state index is 13.4. The molecule has 2 aromatic rings. The Kier molecular flexibility index (Phi) is 4.49. The van der Waals surface area contributed by atoms with E-state index in [1.807, 2.05) is 30.3 Å². The molecule has 0 amide bonds.